The van der Waals surface area contributed by atoms with E-state index in [-0.39, 0.29) is 24.1 Å². The number of nitrogens with zero attached hydrogens (tertiary/aromatic N) is 2. The van der Waals surface area contributed by atoms with E-state index in [4.69, 9.17) is 0 Å². The van der Waals surface area contributed by atoms with Crippen molar-refractivity contribution in [3.05, 3.63) is 65.2 Å². The Morgan fingerprint density at radius 3 is 2.43 bits per heavy atom. The maximum absolute atomic E-state index is 13.0. The zero-order valence-corrected chi connectivity index (χ0v) is 20.1. The van der Waals surface area contributed by atoms with Crippen LogP contribution in [0.1, 0.15) is 58.9 Å². The zero-order chi connectivity index (χ0) is 24.8. The Hall–Kier alpha value is -3.00. The SMILES string of the molecule is C[C@@H]1CCCN(C2CCN(C(=O)c3ccc(C(=O)NCc4cccc(OC(F)F)c4)cc3)CC2)C1. The summed E-state index contributed by atoms with van der Waals surface area (Å²) in [5.74, 6) is 0.493. The molecule has 0 saturated carbocycles. The van der Waals surface area contributed by atoms with Gasteiger partial charge in [-0.15, -0.1) is 0 Å². The van der Waals surface area contributed by atoms with Crippen LogP contribution in [-0.4, -0.2) is 60.4 Å². The number of benzene rings is 2. The quantitative estimate of drug-likeness (QED) is 0.625. The van der Waals surface area contributed by atoms with E-state index in [0.29, 0.717) is 22.7 Å². The first-order chi connectivity index (χ1) is 16.9. The number of rotatable bonds is 7. The van der Waals surface area contributed by atoms with Crippen molar-refractivity contribution in [3.63, 3.8) is 0 Å². The van der Waals surface area contributed by atoms with Gasteiger partial charge in [0, 0.05) is 43.3 Å². The maximum Gasteiger partial charge on any atom is 0.387 e. The Morgan fingerprint density at radius 2 is 1.74 bits per heavy atom. The second-order valence-corrected chi connectivity index (χ2v) is 9.55. The largest absolute Gasteiger partial charge is 0.435 e. The van der Waals surface area contributed by atoms with E-state index in [2.05, 4.69) is 21.9 Å². The van der Waals surface area contributed by atoms with Crippen LogP contribution < -0.4 is 10.1 Å². The predicted octanol–water partition coefficient (Wildman–Crippen LogP) is 4.55. The van der Waals surface area contributed by atoms with Gasteiger partial charge in [0.05, 0.1) is 0 Å². The average Bonchev–Trinajstić information content (AvgIpc) is 2.87. The number of carbonyl (C=O) groups excluding carboxylic acids is 2. The average molecular weight is 486 g/mol. The van der Waals surface area contributed by atoms with E-state index in [0.717, 1.165) is 38.4 Å². The van der Waals surface area contributed by atoms with Crippen molar-refractivity contribution in [2.24, 2.45) is 5.92 Å². The van der Waals surface area contributed by atoms with Gasteiger partial charge in [0.25, 0.3) is 11.8 Å². The molecule has 2 aromatic carbocycles. The molecule has 0 bridgehead atoms. The maximum atomic E-state index is 13.0. The van der Waals surface area contributed by atoms with Gasteiger partial charge >= 0.3 is 6.61 Å². The van der Waals surface area contributed by atoms with E-state index >= 15 is 0 Å². The third-order valence-electron chi connectivity index (χ3n) is 6.93. The first-order valence-electron chi connectivity index (χ1n) is 12.3. The van der Waals surface area contributed by atoms with E-state index in [1.807, 2.05) is 4.90 Å². The molecule has 35 heavy (non-hydrogen) atoms. The van der Waals surface area contributed by atoms with Gasteiger partial charge in [0.15, 0.2) is 0 Å². The summed E-state index contributed by atoms with van der Waals surface area (Å²) in [6, 6.07) is 13.4. The lowest BCUT2D eigenvalue weighted by Gasteiger charge is -2.41. The number of halogens is 2. The summed E-state index contributed by atoms with van der Waals surface area (Å²) in [5, 5.41) is 2.76. The first-order valence-corrected chi connectivity index (χ1v) is 12.3. The number of hydrogen-bond donors (Lipinski definition) is 1. The van der Waals surface area contributed by atoms with E-state index < -0.39 is 6.61 Å². The fraction of sp³-hybridized carbons (Fsp3) is 0.481. The Bertz CT molecular complexity index is 1010. The highest BCUT2D eigenvalue weighted by Gasteiger charge is 2.29. The number of ether oxygens (including phenoxy) is 1. The molecule has 0 aliphatic carbocycles. The van der Waals surface area contributed by atoms with Crippen LogP contribution >= 0.6 is 0 Å². The number of likely N-dealkylation sites (tertiary alicyclic amines) is 2. The van der Waals surface area contributed by atoms with E-state index in [1.54, 1.807) is 36.4 Å². The molecule has 0 radical (unpaired) electrons. The van der Waals surface area contributed by atoms with Gasteiger partial charge in [-0.05, 0) is 80.1 Å². The molecule has 8 heteroatoms. The van der Waals surface area contributed by atoms with Gasteiger partial charge in [-0.1, -0.05) is 19.1 Å². The van der Waals surface area contributed by atoms with Gasteiger partial charge in [-0.3, -0.25) is 14.5 Å². The molecule has 2 saturated heterocycles. The number of hydrogen-bond acceptors (Lipinski definition) is 4. The van der Waals surface area contributed by atoms with Crippen LogP contribution in [0.25, 0.3) is 0 Å². The Balaban J connectivity index is 1.27. The Kier molecular flexibility index (Phi) is 8.33. The number of amides is 2. The monoisotopic (exact) mass is 485 g/mol. The molecule has 1 N–H and O–H groups in total. The summed E-state index contributed by atoms with van der Waals surface area (Å²) in [6.07, 6.45) is 4.58. The van der Waals surface area contributed by atoms with E-state index in [1.165, 1.54) is 31.5 Å². The van der Waals surface area contributed by atoms with Crippen molar-refractivity contribution in [2.45, 2.75) is 51.8 Å². The molecule has 0 spiro atoms. The van der Waals surface area contributed by atoms with Crippen molar-refractivity contribution in [1.29, 1.82) is 0 Å². The summed E-state index contributed by atoms with van der Waals surface area (Å²) >= 11 is 0. The van der Waals surface area contributed by atoms with Crippen LogP contribution in [0.2, 0.25) is 0 Å². The van der Waals surface area contributed by atoms with Crippen LogP contribution in [0.3, 0.4) is 0 Å². The van der Waals surface area contributed by atoms with Crippen molar-refractivity contribution >= 4 is 11.8 Å². The highest BCUT2D eigenvalue weighted by atomic mass is 19.3. The molecule has 2 aliphatic heterocycles. The van der Waals surface area contributed by atoms with Gasteiger partial charge in [0.1, 0.15) is 5.75 Å². The second-order valence-electron chi connectivity index (χ2n) is 9.55. The fourth-order valence-corrected chi connectivity index (χ4v) is 5.05. The Morgan fingerprint density at radius 1 is 1.03 bits per heavy atom. The molecule has 1 atom stereocenters. The molecule has 188 valence electrons. The van der Waals surface area contributed by atoms with Crippen LogP contribution in [0, 0.1) is 5.92 Å². The fourth-order valence-electron chi connectivity index (χ4n) is 5.05. The highest BCUT2D eigenvalue weighted by Crippen LogP contribution is 2.24. The smallest absolute Gasteiger partial charge is 0.387 e. The van der Waals surface area contributed by atoms with E-state index in [9.17, 15) is 18.4 Å². The number of carbonyl (C=O) groups is 2. The van der Waals surface area contributed by atoms with Crippen molar-refractivity contribution in [2.75, 3.05) is 26.2 Å². The third kappa shape index (κ3) is 6.78. The lowest BCUT2D eigenvalue weighted by Crippen LogP contribution is -2.49. The predicted molar refractivity (Wildman–Crippen MR) is 130 cm³/mol. The second kappa shape index (κ2) is 11.6. The number of alkyl halides is 2. The normalized spacial score (nSPS) is 19.5. The summed E-state index contributed by atoms with van der Waals surface area (Å²) < 4.78 is 29.2. The molecule has 0 aromatic heterocycles. The van der Waals surface area contributed by atoms with Gasteiger partial charge in [-0.2, -0.15) is 8.78 Å². The molecule has 2 amide bonds. The molecule has 2 heterocycles. The zero-order valence-electron chi connectivity index (χ0n) is 20.1. The Labute approximate surface area is 205 Å². The lowest BCUT2D eigenvalue weighted by atomic mass is 9.95. The molecule has 4 rings (SSSR count). The summed E-state index contributed by atoms with van der Waals surface area (Å²) in [6.45, 7) is 3.43. The van der Waals surface area contributed by atoms with Crippen molar-refractivity contribution in [1.82, 2.24) is 15.1 Å². The van der Waals surface area contributed by atoms with Crippen LogP contribution in [0.5, 0.6) is 5.75 Å². The molecule has 2 fully saturated rings. The molecule has 2 aliphatic rings. The van der Waals surface area contributed by atoms with Crippen LogP contribution in [-0.2, 0) is 6.54 Å². The van der Waals surface area contributed by atoms with Gasteiger partial charge < -0.3 is 15.0 Å². The van der Waals surface area contributed by atoms with Gasteiger partial charge in [-0.25, -0.2) is 0 Å². The summed E-state index contributed by atoms with van der Waals surface area (Å²) in [5.41, 5.74) is 1.65. The van der Waals surface area contributed by atoms with Gasteiger partial charge in [0.2, 0.25) is 0 Å². The first kappa shape index (κ1) is 25.1. The van der Waals surface area contributed by atoms with Crippen LogP contribution in [0.4, 0.5) is 8.78 Å². The summed E-state index contributed by atoms with van der Waals surface area (Å²) in [7, 11) is 0. The highest BCUT2D eigenvalue weighted by molar-refractivity contribution is 5.97. The third-order valence-corrected chi connectivity index (χ3v) is 6.93. The number of piperidine rings is 2. The minimum Gasteiger partial charge on any atom is -0.435 e. The van der Waals surface area contributed by atoms with Crippen molar-refractivity contribution in [3.8, 4) is 5.75 Å². The molecular formula is C27H33F2N3O3. The summed E-state index contributed by atoms with van der Waals surface area (Å²) in [4.78, 5) is 30.0. The molecular weight excluding hydrogens is 452 g/mol. The topological polar surface area (TPSA) is 61.9 Å². The molecule has 6 nitrogen and oxygen atoms in total. The minimum atomic E-state index is -2.90. The van der Waals surface area contributed by atoms with Crippen LogP contribution in [0.15, 0.2) is 48.5 Å². The minimum absolute atomic E-state index is 0.00161. The number of nitrogens with one attached hydrogen (secondary N) is 1. The standard InChI is InChI=1S/C27H33F2N3O3/c1-19-4-3-13-32(18-19)23-11-14-31(15-12-23)26(34)22-9-7-21(8-10-22)25(33)30-17-20-5-2-6-24(16-20)35-27(28)29/h2,5-10,16,19,23,27H,3-4,11-15,17-18H2,1H3,(H,30,33)/t19-/m1/s1. The molecule has 0 unspecified atom stereocenters. The molecule has 2 aromatic rings. The van der Waals surface area contributed by atoms with Crippen molar-refractivity contribution < 1.29 is 23.1 Å². The lowest BCUT2D eigenvalue weighted by molar-refractivity contribution is -0.0498.